The summed E-state index contributed by atoms with van der Waals surface area (Å²) in [6.45, 7) is 18.8. The average Bonchev–Trinajstić information content (AvgIpc) is 4.00. The minimum atomic E-state index is -0.279. The number of anilines is 2. The molecule has 14 rings (SSSR count). The Morgan fingerprint density at radius 1 is 0.562 bits per heavy atom. The molecule has 5 heteroatoms. The molecule has 11 aromatic rings. The highest BCUT2D eigenvalue weighted by atomic mass is 32.1. The van der Waals surface area contributed by atoms with Crippen molar-refractivity contribution in [2.24, 2.45) is 0 Å². The lowest BCUT2D eigenvalue weighted by Crippen LogP contribution is -2.61. The van der Waals surface area contributed by atoms with E-state index in [0.717, 1.165) is 21.9 Å². The SMILES string of the molecule is CC(C)(C)c1ccc(N2B3c4cc5sc6ccccc6c5cc4-n4c5ccc(C(C)(C)C)cc5c5c6c(c(c3c54)-c3cc4oc5ccccc5c4cc32)C(C)(C)c2ccccc2-6)cc1. The molecular formula is C59H47BN2OS. The van der Waals surface area contributed by atoms with Gasteiger partial charge in [-0.1, -0.05) is 134 Å². The minimum Gasteiger partial charge on any atom is -0.456 e. The van der Waals surface area contributed by atoms with Gasteiger partial charge in [0.15, 0.2) is 0 Å². The van der Waals surface area contributed by atoms with Gasteiger partial charge in [0.25, 0.3) is 0 Å². The van der Waals surface area contributed by atoms with Crippen LogP contribution in [0.5, 0.6) is 0 Å². The number of furan rings is 1. The average molecular weight is 843 g/mol. The minimum absolute atomic E-state index is 0.0214. The number of fused-ring (bicyclic) bond motifs is 19. The molecule has 0 N–H and O–H groups in total. The summed E-state index contributed by atoms with van der Waals surface area (Å²) in [6.07, 6.45) is 0. The maximum absolute atomic E-state index is 6.82. The maximum Gasteiger partial charge on any atom is 0.333 e. The highest BCUT2D eigenvalue weighted by Gasteiger charge is 2.50. The second-order valence-corrected chi connectivity index (χ2v) is 22.4. The Morgan fingerprint density at radius 3 is 2.06 bits per heavy atom. The van der Waals surface area contributed by atoms with Crippen LogP contribution in [-0.2, 0) is 16.2 Å². The standard InChI is InChI=1S/C59H47BN2OS/c1-57(2,3)32-21-24-34(25-22-32)62-45-28-38-35-15-10-13-19-47(35)63-48(38)30-41(45)53-54-51(37-17-9-12-18-42(37)59(54,7)8)52-40-27-33(58(4,5)6)23-26-44(40)61-46-29-39-36-16-11-14-20-49(36)64-50(39)31-43(46)60(62)55(53)56(52)61/h9-31H,1-8H3. The Balaban J connectivity index is 1.24. The predicted octanol–water partition coefficient (Wildman–Crippen LogP) is 15.2. The first-order chi connectivity index (χ1) is 30.8. The third-order valence-corrected chi connectivity index (χ3v) is 16.4. The monoisotopic (exact) mass is 842 g/mol. The number of thiophene rings is 1. The van der Waals surface area contributed by atoms with Crippen LogP contribution >= 0.6 is 11.3 Å². The Labute approximate surface area is 377 Å². The van der Waals surface area contributed by atoms with Crippen molar-refractivity contribution in [3.63, 3.8) is 0 Å². The molecule has 0 saturated heterocycles. The van der Waals surface area contributed by atoms with Crippen LogP contribution in [0, 0.1) is 0 Å². The lowest BCUT2D eigenvalue weighted by Gasteiger charge is -2.43. The van der Waals surface area contributed by atoms with Crippen molar-refractivity contribution in [1.82, 2.24) is 4.57 Å². The van der Waals surface area contributed by atoms with Crippen LogP contribution < -0.4 is 15.7 Å². The fourth-order valence-electron chi connectivity index (χ4n) is 12.2. The normalized spacial score (nSPS) is 14.9. The van der Waals surface area contributed by atoms with E-state index in [1.54, 1.807) is 0 Å². The van der Waals surface area contributed by atoms with Crippen molar-refractivity contribution in [3.8, 4) is 27.9 Å². The first kappa shape index (κ1) is 36.9. The molecule has 3 aromatic heterocycles. The molecule has 3 aliphatic rings. The summed E-state index contributed by atoms with van der Waals surface area (Å²) in [5, 5.41) is 7.64. The third-order valence-electron chi connectivity index (χ3n) is 15.2. The quantitative estimate of drug-likeness (QED) is 0.154. The van der Waals surface area contributed by atoms with Crippen molar-refractivity contribution < 1.29 is 4.42 Å². The molecule has 8 aromatic carbocycles. The smallest absolute Gasteiger partial charge is 0.333 e. The molecule has 0 radical (unpaired) electrons. The van der Waals surface area contributed by atoms with Gasteiger partial charge < -0.3 is 13.8 Å². The van der Waals surface area contributed by atoms with E-state index in [4.69, 9.17) is 4.42 Å². The Hall–Kier alpha value is -6.56. The number of hydrogen-bond donors (Lipinski definition) is 0. The molecule has 308 valence electrons. The molecular weight excluding hydrogens is 796 g/mol. The van der Waals surface area contributed by atoms with Gasteiger partial charge in [-0.15, -0.1) is 11.3 Å². The molecule has 0 spiro atoms. The van der Waals surface area contributed by atoms with Crippen LogP contribution in [-0.4, -0.2) is 11.4 Å². The molecule has 1 aliphatic carbocycles. The molecule has 0 fully saturated rings. The van der Waals surface area contributed by atoms with E-state index in [0.29, 0.717) is 0 Å². The second-order valence-electron chi connectivity index (χ2n) is 21.3. The Kier molecular flexibility index (Phi) is 6.89. The molecule has 0 bridgehead atoms. The fraction of sp³-hybridized carbons (Fsp3) is 0.186. The van der Waals surface area contributed by atoms with Crippen molar-refractivity contribution in [1.29, 1.82) is 0 Å². The maximum atomic E-state index is 6.82. The first-order valence-corrected chi connectivity index (χ1v) is 23.7. The van der Waals surface area contributed by atoms with Crippen molar-refractivity contribution in [2.75, 3.05) is 4.81 Å². The van der Waals surface area contributed by atoms with Crippen molar-refractivity contribution >= 4 is 104 Å². The highest BCUT2D eigenvalue weighted by molar-refractivity contribution is 7.26. The number of nitrogens with zero attached hydrogens (tertiary/aromatic N) is 2. The van der Waals surface area contributed by atoms with Gasteiger partial charge in [0, 0.05) is 69.8 Å². The second kappa shape index (κ2) is 12.0. The summed E-state index contributed by atoms with van der Waals surface area (Å²) >= 11 is 1.92. The summed E-state index contributed by atoms with van der Waals surface area (Å²) < 4.78 is 12.1. The Morgan fingerprint density at radius 2 is 1.27 bits per heavy atom. The van der Waals surface area contributed by atoms with Gasteiger partial charge in [0.05, 0.1) is 11.0 Å². The molecule has 64 heavy (non-hydrogen) atoms. The van der Waals surface area contributed by atoms with Gasteiger partial charge in [0.1, 0.15) is 11.2 Å². The van der Waals surface area contributed by atoms with E-state index in [1.165, 1.54) is 114 Å². The van der Waals surface area contributed by atoms with Crippen LogP contribution in [0.1, 0.15) is 77.6 Å². The zero-order valence-corrected chi connectivity index (χ0v) is 38.4. The summed E-state index contributed by atoms with van der Waals surface area (Å²) in [4.78, 5) is 2.70. The summed E-state index contributed by atoms with van der Waals surface area (Å²) in [5.74, 6) is 0. The van der Waals surface area contributed by atoms with Crippen LogP contribution in [0.15, 0.2) is 144 Å². The third kappa shape index (κ3) is 4.58. The van der Waals surface area contributed by atoms with Gasteiger partial charge in [-0.25, -0.2) is 0 Å². The van der Waals surface area contributed by atoms with Crippen molar-refractivity contribution in [3.05, 3.63) is 162 Å². The summed E-state index contributed by atoms with van der Waals surface area (Å²) in [6, 6.07) is 53.5. The summed E-state index contributed by atoms with van der Waals surface area (Å²) in [7, 11) is 0. The molecule has 0 amide bonds. The van der Waals surface area contributed by atoms with Crippen LogP contribution in [0.3, 0.4) is 0 Å². The lowest BCUT2D eigenvalue weighted by molar-refractivity contribution is 0.590. The van der Waals surface area contributed by atoms with Crippen molar-refractivity contribution in [2.45, 2.75) is 71.6 Å². The number of rotatable bonds is 1. The number of hydrogen-bond acceptors (Lipinski definition) is 3. The van der Waals surface area contributed by atoms with Gasteiger partial charge in [0.2, 0.25) is 0 Å². The lowest BCUT2D eigenvalue weighted by atomic mass is 9.43. The topological polar surface area (TPSA) is 21.3 Å². The van der Waals surface area contributed by atoms with E-state index >= 15 is 0 Å². The van der Waals surface area contributed by atoms with Gasteiger partial charge in [-0.2, -0.15) is 0 Å². The van der Waals surface area contributed by atoms with Crippen LogP contribution in [0.4, 0.5) is 11.4 Å². The zero-order valence-electron chi connectivity index (χ0n) is 37.6. The fourth-order valence-corrected chi connectivity index (χ4v) is 13.3. The van der Waals surface area contributed by atoms with Gasteiger partial charge in [-0.3, -0.25) is 0 Å². The van der Waals surface area contributed by atoms with E-state index in [9.17, 15) is 0 Å². The van der Waals surface area contributed by atoms with Gasteiger partial charge >= 0.3 is 6.85 Å². The predicted molar refractivity (Wildman–Crippen MR) is 275 cm³/mol. The van der Waals surface area contributed by atoms with Crippen LogP contribution in [0.2, 0.25) is 0 Å². The van der Waals surface area contributed by atoms with E-state index < -0.39 is 0 Å². The van der Waals surface area contributed by atoms with E-state index in [1.807, 2.05) is 11.3 Å². The summed E-state index contributed by atoms with van der Waals surface area (Å²) in [5.41, 5.74) is 21.4. The number of aromatic nitrogens is 1. The number of para-hydroxylation sites is 1. The Bertz CT molecular complexity index is 3900. The van der Waals surface area contributed by atoms with Crippen LogP contribution in [0.25, 0.3) is 91.9 Å². The zero-order chi connectivity index (χ0) is 43.3. The molecule has 0 unspecified atom stereocenters. The molecule has 5 heterocycles. The first-order valence-electron chi connectivity index (χ1n) is 22.9. The van der Waals surface area contributed by atoms with E-state index in [-0.39, 0.29) is 23.1 Å². The molecule has 3 nitrogen and oxygen atoms in total. The van der Waals surface area contributed by atoms with Gasteiger partial charge in [-0.05, 0) is 121 Å². The highest BCUT2D eigenvalue weighted by Crippen LogP contribution is 2.59. The van der Waals surface area contributed by atoms with E-state index in [2.05, 4.69) is 204 Å². The molecule has 2 aliphatic heterocycles. The molecule has 0 atom stereocenters. The number of benzene rings is 8. The molecule has 0 saturated carbocycles. The largest absolute Gasteiger partial charge is 0.456 e.